The van der Waals surface area contributed by atoms with Gasteiger partial charge in [-0.15, -0.1) is 0 Å². The van der Waals surface area contributed by atoms with Gasteiger partial charge in [0.25, 0.3) is 0 Å². The third kappa shape index (κ3) is 6.89. The fraction of sp³-hybridized carbons (Fsp3) is 0.571. The van der Waals surface area contributed by atoms with Crippen LogP contribution in [0, 0.1) is 10.8 Å². The Morgan fingerprint density at radius 1 is 0.944 bits per heavy atom. The predicted molar refractivity (Wildman–Crippen MR) is 70.3 cm³/mol. The lowest BCUT2D eigenvalue weighted by molar-refractivity contribution is -0.132. The molecule has 0 aliphatic heterocycles. The van der Waals surface area contributed by atoms with Gasteiger partial charge in [0, 0.05) is 12.2 Å². The first-order chi connectivity index (χ1) is 7.94. The van der Waals surface area contributed by atoms with Crippen LogP contribution in [-0.4, -0.2) is 22.2 Å². The molecule has 4 nitrogen and oxygen atoms in total. The Kier molecular flexibility index (Phi) is 5.33. The Morgan fingerprint density at radius 2 is 1.44 bits per heavy atom. The van der Waals surface area contributed by atoms with Crippen molar-refractivity contribution in [1.82, 2.24) is 0 Å². The van der Waals surface area contributed by atoms with Gasteiger partial charge in [-0.25, -0.2) is 9.59 Å². The molecule has 0 rings (SSSR count). The normalized spacial score (nSPS) is 13.9. The van der Waals surface area contributed by atoms with Crippen LogP contribution in [0.15, 0.2) is 23.8 Å². The monoisotopic (exact) mass is 254 g/mol. The summed E-state index contributed by atoms with van der Waals surface area (Å²) in [4.78, 5) is 21.3. The molecule has 4 heteroatoms. The van der Waals surface area contributed by atoms with Gasteiger partial charge in [-0.3, -0.25) is 0 Å². The van der Waals surface area contributed by atoms with Crippen LogP contribution in [0.5, 0.6) is 0 Å². The average Bonchev–Trinajstić information content (AvgIpc) is 2.06. The first kappa shape index (κ1) is 16.4. The number of rotatable bonds is 5. The summed E-state index contributed by atoms with van der Waals surface area (Å²) in [5.74, 6) is -2.15. The number of hydrogen-bond acceptors (Lipinski definition) is 2. The highest BCUT2D eigenvalue weighted by Crippen LogP contribution is 2.39. The van der Waals surface area contributed by atoms with Crippen molar-refractivity contribution in [2.45, 2.75) is 41.0 Å². The third-order valence-corrected chi connectivity index (χ3v) is 2.44. The van der Waals surface area contributed by atoms with Gasteiger partial charge in [0.05, 0.1) is 0 Å². The van der Waals surface area contributed by atoms with Crippen molar-refractivity contribution in [1.29, 1.82) is 0 Å². The van der Waals surface area contributed by atoms with Crippen molar-refractivity contribution in [3.05, 3.63) is 23.8 Å². The fourth-order valence-electron chi connectivity index (χ4n) is 2.19. The van der Waals surface area contributed by atoms with Crippen LogP contribution in [0.3, 0.4) is 0 Å². The van der Waals surface area contributed by atoms with Gasteiger partial charge in [-0.1, -0.05) is 40.7 Å². The van der Waals surface area contributed by atoms with E-state index >= 15 is 0 Å². The molecule has 0 spiro atoms. The van der Waals surface area contributed by atoms with E-state index in [-0.39, 0.29) is 5.41 Å². The van der Waals surface area contributed by atoms with Crippen molar-refractivity contribution >= 4 is 11.9 Å². The van der Waals surface area contributed by atoms with E-state index in [1.807, 2.05) is 13.8 Å². The maximum Gasteiger partial charge on any atom is 0.328 e. The molecule has 0 aromatic heterocycles. The van der Waals surface area contributed by atoms with Gasteiger partial charge in [0.1, 0.15) is 0 Å². The van der Waals surface area contributed by atoms with Crippen molar-refractivity contribution in [2.75, 3.05) is 0 Å². The summed E-state index contributed by atoms with van der Waals surface area (Å²) >= 11 is 0. The molecule has 0 aromatic rings. The third-order valence-electron chi connectivity index (χ3n) is 2.44. The van der Waals surface area contributed by atoms with E-state index in [2.05, 4.69) is 20.8 Å². The van der Waals surface area contributed by atoms with E-state index in [9.17, 15) is 9.59 Å². The van der Waals surface area contributed by atoms with E-state index in [0.717, 1.165) is 18.6 Å². The molecule has 0 aliphatic carbocycles. The lowest BCUT2D eigenvalue weighted by Gasteiger charge is -2.33. The molecule has 2 N–H and O–H groups in total. The lowest BCUT2D eigenvalue weighted by Crippen LogP contribution is -2.23. The van der Waals surface area contributed by atoms with Gasteiger partial charge in [0.15, 0.2) is 0 Å². The second-order valence-electron chi connectivity index (χ2n) is 6.23. The van der Waals surface area contributed by atoms with E-state index < -0.39 is 17.4 Å². The Labute approximate surface area is 108 Å². The molecular formula is C14H22O4. The van der Waals surface area contributed by atoms with Crippen molar-refractivity contribution in [3.63, 3.8) is 0 Å². The molecule has 102 valence electrons. The van der Waals surface area contributed by atoms with E-state index in [1.165, 1.54) is 6.08 Å². The number of carboxylic acid groups (broad SMARTS) is 2. The predicted octanol–water partition coefficient (Wildman–Crippen LogP) is 3.10. The topological polar surface area (TPSA) is 74.6 Å². The summed E-state index contributed by atoms with van der Waals surface area (Å²) in [6.45, 7) is 10.0. The van der Waals surface area contributed by atoms with E-state index in [0.29, 0.717) is 5.57 Å². The number of carboxylic acids is 2. The van der Waals surface area contributed by atoms with Crippen molar-refractivity contribution < 1.29 is 19.8 Å². The maximum atomic E-state index is 10.8. The van der Waals surface area contributed by atoms with Crippen molar-refractivity contribution in [3.8, 4) is 0 Å². The largest absolute Gasteiger partial charge is 0.478 e. The Hall–Kier alpha value is -1.58. The molecule has 0 bridgehead atoms. The standard InChI is InChI=1S/C14H22O4/c1-13(2,3)9-14(4,5)10(8-12(17)18)6-7-11(15)16/h6-8H,9H2,1-5H3,(H,15,16)(H,17,18)/b7-6-,10-8+. The minimum Gasteiger partial charge on any atom is -0.478 e. The first-order valence-corrected chi connectivity index (χ1v) is 5.80. The van der Waals surface area contributed by atoms with Gasteiger partial charge in [-0.05, 0) is 22.8 Å². The van der Waals surface area contributed by atoms with Gasteiger partial charge in [-0.2, -0.15) is 0 Å². The molecule has 0 radical (unpaired) electrons. The average molecular weight is 254 g/mol. The van der Waals surface area contributed by atoms with Crippen LogP contribution in [-0.2, 0) is 9.59 Å². The molecule has 0 saturated carbocycles. The number of hydrogen-bond donors (Lipinski definition) is 2. The second kappa shape index (κ2) is 5.85. The van der Waals surface area contributed by atoms with E-state index in [1.54, 1.807) is 0 Å². The highest BCUT2D eigenvalue weighted by Gasteiger charge is 2.28. The van der Waals surface area contributed by atoms with Crippen LogP contribution in [0.25, 0.3) is 0 Å². The smallest absolute Gasteiger partial charge is 0.328 e. The lowest BCUT2D eigenvalue weighted by atomic mass is 9.71. The summed E-state index contributed by atoms with van der Waals surface area (Å²) in [6.07, 6.45) is 4.16. The number of carbonyl (C=O) groups is 2. The zero-order valence-electron chi connectivity index (χ0n) is 11.7. The Balaban J connectivity index is 5.32. The molecule has 0 aromatic carbocycles. The quantitative estimate of drug-likeness (QED) is 0.584. The second-order valence-corrected chi connectivity index (χ2v) is 6.23. The summed E-state index contributed by atoms with van der Waals surface area (Å²) < 4.78 is 0. The van der Waals surface area contributed by atoms with Gasteiger partial charge >= 0.3 is 11.9 Å². The summed E-state index contributed by atoms with van der Waals surface area (Å²) in [6, 6.07) is 0. The van der Waals surface area contributed by atoms with Crippen LogP contribution in [0.2, 0.25) is 0 Å². The molecular weight excluding hydrogens is 232 g/mol. The molecule has 18 heavy (non-hydrogen) atoms. The molecule has 0 atom stereocenters. The Morgan fingerprint density at radius 3 is 1.78 bits per heavy atom. The summed E-state index contributed by atoms with van der Waals surface area (Å²) in [7, 11) is 0. The number of aliphatic carboxylic acids is 2. The van der Waals surface area contributed by atoms with Gasteiger partial charge < -0.3 is 10.2 Å². The minimum absolute atomic E-state index is 0.0259. The first-order valence-electron chi connectivity index (χ1n) is 5.80. The van der Waals surface area contributed by atoms with Crippen LogP contribution < -0.4 is 0 Å². The summed E-state index contributed by atoms with van der Waals surface area (Å²) in [5.41, 5.74) is 0.133. The molecule has 0 heterocycles. The van der Waals surface area contributed by atoms with Crippen LogP contribution in [0.4, 0.5) is 0 Å². The SMILES string of the molecule is CC(C)(C)CC(C)(C)C(/C=C\C(=O)O)=C/C(=O)O. The highest BCUT2D eigenvalue weighted by atomic mass is 16.4. The van der Waals surface area contributed by atoms with Gasteiger partial charge in [0.2, 0.25) is 0 Å². The van der Waals surface area contributed by atoms with Crippen molar-refractivity contribution in [2.24, 2.45) is 10.8 Å². The zero-order valence-corrected chi connectivity index (χ0v) is 11.7. The fourth-order valence-corrected chi connectivity index (χ4v) is 2.19. The molecule has 0 fully saturated rings. The maximum absolute atomic E-state index is 10.8. The zero-order chi connectivity index (χ0) is 14.6. The molecule has 0 amide bonds. The molecule has 0 saturated heterocycles. The molecule has 0 unspecified atom stereocenters. The molecule has 0 aliphatic rings. The highest BCUT2D eigenvalue weighted by molar-refractivity contribution is 5.84. The van der Waals surface area contributed by atoms with Crippen LogP contribution >= 0.6 is 0 Å². The van der Waals surface area contributed by atoms with Crippen LogP contribution in [0.1, 0.15) is 41.0 Å². The Bertz CT molecular complexity index is 381. The minimum atomic E-state index is -1.09. The summed E-state index contributed by atoms with van der Waals surface area (Å²) in [5, 5.41) is 17.5. The number of allylic oxidation sites excluding steroid dienone is 2. The van der Waals surface area contributed by atoms with E-state index in [4.69, 9.17) is 10.2 Å².